The third kappa shape index (κ3) is 6.21. The highest BCUT2D eigenvalue weighted by molar-refractivity contribution is 5.96. The Morgan fingerprint density at radius 1 is 0.960 bits per heavy atom. The normalized spacial score (nSPS) is 16.2. The Morgan fingerprint density at radius 2 is 1.52 bits per heavy atom. The molecule has 0 atom stereocenters. The van der Waals surface area contributed by atoms with Gasteiger partial charge in [0.05, 0.1) is 13.2 Å². The van der Waals surface area contributed by atoms with E-state index in [-0.39, 0.29) is 13.2 Å². The van der Waals surface area contributed by atoms with Gasteiger partial charge < -0.3 is 19.5 Å². The van der Waals surface area contributed by atoms with Crippen LogP contribution in [0.3, 0.4) is 0 Å². The Labute approximate surface area is 149 Å². The lowest BCUT2D eigenvalue weighted by Gasteiger charge is -2.40. The first-order valence-electron chi connectivity index (χ1n) is 9.30. The van der Waals surface area contributed by atoms with Gasteiger partial charge in [0.15, 0.2) is 5.92 Å². The molecule has 0 radical (unpaired) electrons. The number of alkyl carbamates (subject to hydrolysis) is 1. The number of ether oxygens (including phenoxy) is 3. The summed E-state index contributed by atoms with van der Waals surface area (Å²) >= 11 is 0. The quantitative estimate of drug-likeness (QED) is 0.295. The summed E-state index contributed by atoms with van der Waals surface area (Å²) in [6.07, 6.45) is 4.58. The molecule has 0 saturated heterocycles. The Bertz CT molecular complexity index is 427. The number of hydrogen-bond acceptors (Lipinski definition) is 6. The molecule has 0 aliphatic heterocycles. The van der Waals surface area contributed by atoms with E-state index >= 15 is 0 Å². The predicted molar refractivity (Wildman–Crippen MR) is 92.0 cm³/mol. The van der Waals surface area contributed by atoms with Crippen LogP contribution in [0.5, 0.6) is 0 Å². The maximum Gasteiger partial charge on any atom is 0.407 e. The third-order valence-corrected chi connectivity index (χ3v) is 4.37. The highest BCUT2D eigenvalue weighted by atomic mass is 16.6. The van der Waals surface area contributed by atoms with Crippen LogP contribution >= 0.6 is 0 Å². The van der Waals surface area contributed by atoms with Crippen LogP contribution in [0.1, 0.15) is 65.7 Å². The van der Waals surface area contributed by atoms with Gasteiger partial charge >= 0.3 is 18.0 Å². The van der Waals surface area contributed by atoms with E-state index in [0.717, 1.165) is 32.1 Å². The molecule has 144 valence electrons. The first-order chi connectivity index (χ1) is 12.0. The molecule has 0 aromatic heterocycles. The van der Waals surface area contributed by atoms with Crippen molar-refractivity contribution in [3.8, 4) is 0 Å². The second-order valence-electron chi connectivity index (χ2n) is 6.23. The molecular formula is C18H31NO6. The Morgan fingerprint density at radius 3 is 2.00 bits per heavy atom. The third-order valence-electron chi connectivity index (χ3n) is 4.37. The summed E-state index contributed by atoms with van der Waals surface area (Å²) in [6, 6.07) is 0. The van der Waals surface area contributed by atoms with Gasteiger partial charge in [-0.2, -0.15) is 0 Å². The van der Waals surface area contributed by atoms with Crippen molar-refractivity contribution in [3.05, 3.63) is 0 Å². The van der Waals surface area contributed by atoms with E-state index in [1.165, 1.54) is 0 Å². The van der Waals surface area contributed by atoms with Crippen LogP contribution in [0.2, 0.25) is 0 Å². The van der Waals surface area contributed by atoms with E-state index < -0.39 is 29.6 Å². The van der Waals surface area contributed by atoms with Crippen LogP contribution in [0, 0.1) is 5.92 Å². The van der Waals surface area contributed by atoms with Crippen LogP contribution < -0.4 is 5.32 Å². The van der Waals surface area contributed by atoms with Crippen molar-refractivity contribution in [1.29, 1.82) is 0 Å². The summed E-state index contributed by atoms with van der Waals surface area (Å²) in [5.74, 6) is -2.63. The summed E-state index contributed by atoms with van der Waals surface area (Å²) in [6.45, 7) is 6.15. The van der Waals surface area contributed by atoms with Crippen molar-refractivity contribution in [3.63, 3.8) is 0 Å². The molecule has 1 fully saturated rings. The van der Waals surface area contributed by atoms with Gasteiger partial charge in [0.1, 0.15) is 5.60 Å². The highest BCUT2D eigenvalue weighted by Crippen LogP contribution is 2.39. The van der Waals surface area contributed by atoms with Gasteiger partial charge in [-0.1, -0.05) is 19.8 Å². The van der Waals surface area contributed by atoms with Crippen molar-refractivity contribution in [2.24, 2.45) is 5.92 Å². The lowest BCUT2D eigenvalue weighted by Crippen LogP contribution is -2.53. The van der Waals surface area contributed by atoms with E-state index in [1.807, 2.05) is 6.92 Å². The molecule has 0 unspecified atom stereocenters. The number of hydrogen-bond donors (Lipinski definition) is 1. The zero-order valence-corrected chi connectivity index (χ0v) is 15.6. The van der Waals surface area contributed by atoms with Gasteiger partial charge in [0.25, 0.3) is 0 Å². The number of unbranched alkanes of at least 4 members (excludes halogenated alkanes) is 1. The van der Waals surface area contributed by atoms with Gasteiger partial charge in [-0.05, 0) is 46.0 Å². The fourth-order valence-corrected chi connectivity index (χ4v) is 3.16. The number of amides is 1. The van der Waals surface area contributed by atoms with E-state index in [2.05, 4.69) is 5.32 Å². The van der Waals surface area contributed by atoms with E-state index in [1.54, 1.807) is 13.8 Å². The first kappa shape index (κ1) is 21.3. The summed E-state index contributed by atoms with van der Waals surface area (Å²) in [5, 5.41) is 2.69. The van der Waals surface area contributed by atoms with Gasteiger partial charge in [0.2, 0.25) is 0 Å². The molecule has 1 saturated carbocycles. The lowest BCUT2D eigenvalue weighted by atomic mass is 9.75. The molecule has 0 heterocycles. The van der Waals surface area contributed by atoms with E-state index in [0.29, 0.717) is 19.4 Å². The molecule has 1 aliphatic carbocycles. The topological polar surface area (TPSA) is 90.9 Å². The average Bonchev–Trinajstić information content (AvgIpc) is 2.56. The predicted octanol–water partition coefficient (Wildman–Crippen LogP) is 2.96. The number of rotatable bonds is 9. The molecule has 7 nitrogen and oxygen atoms in total. The second-order valence-corrected chi connectivity index (χ2v) is 6.23. The van der Waals surface area contributed by atoms with Gasteiger partial charge in [-0.3, -0.25) is 9.59 Å². The minimum Gasteiger partial charge on any atom is -0.465 e. The van der Waals surface area contributed by atoms with Gasteiger partial charge in [-0.15, -0.1) is 0 Å². The van der Waals surface area contributed by atoms with Crippen LogP contribution in [0.15, 0.2) is 0 Å². The summed E-state index contributed by atoms with van der Waals surface area (Å²) in [4.78, 5) is 37.2. The SMILES string of the molecule is CCCCNC(=O)OC1(C(C(=O)OCC)C(=O)OCC)CCCCC1. The van der Waals surface area contributed by atoms with Gasteiger partial charge in [0, 0.05) is 6.54 Å². The summed E-state index contributed by atoms with van der Waals surface area (Å²) in [5.41, 5.74) is -1.20. The first-order valence-corrected chi connectivity index (χ1v) is 9.30. The van der Waals surface area contributed by atoms with Crippen molar-refractivity contribution in [2.75, 3.05) is 19.8 Å². The maximum absolute atomic E-state index is 12.5. The molecule has 1 rings (SSSR count). The van der Waals surface area contributed by atoms with Crippen LogP contribution in [0.25, 0.3) is 0 Å². The highest BCUT2D eigenvalue weighted by Gasteiger charge is 2.53. The Balaban J connectivity index is 3.02. The van der Waals surface area contributed by atoms with Crippen LogP contribution in [-0.2, 0) is 23.8 Å². The zero-order valence-electron chi connectivity index (χ0n) is 15.6. The Hall–Kier alpha value is -1.79. The largest absolute Gasteiger partial charge is 0.465 e. The standard InChI is InChI=1S/C18H31NO6/c1-4-7-13-19-17(22)25-18(11-9-8-10-12-18)14(15(20)23-5-2)16(21)24-6-3/h14H,4-13H2,1-3H3,(H,19,22). The molecule has 1 amide bonds. The molecule has 0 spiro atoms. The minimum absolute atomic E-state index is 0.146. The monoisotopic (exact) mass is 357 g/mol. The second kappa shape index (κ2) is 10.9. The molecule has 7 heteroatoms. The minimum atomic E-state index is -1.25. The average molecular weight is 357 g/mol. The molecule has 0 bridgehead atoms. The van der Waals surface area contributed by atoms with Gasteiger partial charge in [-0.25, -0.2) is 4.79 Å². The number of esters is 2. The van der Waals surface area contributed by atoms with Crippen molar-refractivity contribution in [2.45, 2.75) is 71.3 Å². The maximum atomic E-state index is 12.5. The number of carbonyl (C=O) groups excluding carboxylic acids is 3. The van der Waals surface area contributed by atoms with Crippen molar-refractivity contribution >= 4 is 18.0 Å². The molecule has 0 aromatic carbocycles. The smallest absolute Gasteiger partial charge is 0.407 e. The van der Waals surface area contributed by atoms with Crippen molar-refractivity contribution in [1.82, 2.24) is 5.32 Å². The lowest BCUT2D eigenvalue weighted by molar-refractivity contribution is -0.177. The van der Waals surface area contributed by atoms with Crippen LogP contribution in [0.4, 0.5) is 4.79 Å². The molecule has 25 heavy (non-hydrogen) atoms. The molecule has 1 N–H and O–H groups in total. The van der Waals surface area contributed by atoms with Crippen LogP contribution in [-0.4, -0.2) is 43.4 Å². The Kier molecular flexibility index (Phi) is 9.31. The fourth-order valence-electron chi connectivity index (χ4n) is 3.16. The zero-order chi connectivity index (χ0) is 18.7. The summed E-state index contributed by atoms with van der Waals surface area (Å²) in [7, 11) is 0. The molecule has 0 aromatic rings. The molecular weight excluding hydrogens is 326 g/mol. The van der Waals surface area contributed by atoms with E-state index in [4.69, 9.17) is 14.2 Å². The number of nitrogens with one attached hydrogen (secondary N) is 1. The molecule has 1 aliphatic rings. The number of carbonyl (C=O) groups is 3. The van der Waals surface area contributed by atoms with E-state index in [9.17, 15) is 14.4 Å². The fraction of sp³-hybridized carbons (Fsp3) is 0.833. The van der Waals surface area contributed by atoms with Crippen molar-refractivity contribution < 1.29 is 28.6 Å². The summed E-state index contributed by atoms with van der Waals surface area (Å²) < 4.78 is 15.8.